The van der Waals surface area contributed by atoms with Crippen LogP contribution in [0.25, 0.3) is 0 Å². The molecule has 2 aliphatic carbocycles. The van der Waals surface area contributed by atoms with Gasteiger partial charge in [-0.3, -0.25) is 9.59 Å². The Hall–Kier alpha value is -3.50. The molecule has 2 saturated carbocycles. The summed E-state index contributed by atoms with van der Waals surface area (Å²) in [7, 11) is 1.45. The van der Waals surface area contributed by atoms with E-state index in [1.165, 1.54) is 7.11 Å². The number of carbonyl (C=O) groups is 4. The average molecular weight is 603 g/mol. The Kier molecular flexibility index (Phi) is 11.3. The van der Waals surface area contributed by atoms with Crippen LogP contribution >= 0.6 is 0 Å². The minimum absolute atomic E-state index is 0.112. The summed E-state index contributed by atoms with van der Waals surface area (Å²) in [6, 6.07) is 2.90. The summed E-state index contributed by atoms with van der Waals surface area (Å²) in [5.41, 5.74) is 0.130. The molecule has 0 aromatic heterocycles. The molecule has 0 radical (unpaired) electrons. The maximum absolute atomic E-state index is 13.5. The number of benzene rings is 1. The highest BCUT2D eigenvalue weighted by Crippen LogP contribution is 2.28. The number of rotatable bonds is 7. The first-order chi connectivity index (χ1) is 20.0. The molecule has 1 aromatic rings. The third-order valence-electron chi connectivity index (χ3n) is 7.39. The lowest BCUT2D eigenvalue weighted by Gasteiger charge is -2.31. The van der Waals surface area contributed by atoms with E-state index >= 15 is 0 Å². The Balaban J connectivity index is 1.65. The van der Waals surface area contributed by atoms with Gasteiger partial charge in [0.1, 0.15) is 17.0 Å². The van der Waals surface area contributed by atoms with Gasteiger partial charge in [-0.1, -0.05) is 0 Å². The molecule has 3 rings (SSSR count). The average Bonchev–Trinajstić information content (AvgIpc) is 2.86. The summed E-state index contributed by atoms with van der Waals surface area (Å²) in [6.45, 7) is 12.7. The molecule has 0 unspecified atom stereocenters. The smallest absolute Gasteiger partial charge is 0.407 e. The van der Waals surface area contributed by atoms with E-state index in [1.807, 2.05) is 48.5 Å². The van der Waals surface area contributed by atoms with E-state index in [-0.39, 0.29) is 52.9 Å². The van der Waals surface area contributed by atoms with Crippen LogP contribution in [0, 0.1) is 6.92 Å². The van der Waals surface area contributed by atoms with Crippen LogP contribution < -0.4 is 26.0 Å². The van der Waals surface area contributed by atoms with Crippen molar-refractivity contribution in [3.05, 3.63) is 28.8 Å². The van der Waals surface area contributed by atoms with Gasteiger partial charge in [-0.05, 0) is 118 Å². The third-order valence-corrected chi connectivity index (χ3v) is 7.39. The summed E-state index contributed by atoms with van der Waals surface area (Å²) in [6.07, 6.45) is 5.07. The minimum atomic E-state index is -0.590. The summed E-state index contributed by atoms with van der Waals surface area (Å²) < 4.78 is 16.4. The molecule has 11 heteroatoms. The van der Waals surface area contributed by atoms with Gasteiger partial charge in [-0.15, -0.1) is 0 Å². The van der Waals surface area contributed by atoms with Crippen molar-refractivity contribution in [1.29, 1.82) is 0 Å². The molecule has 2 fully saturated rings. The van der Waals surface area contributed by atoms with Gasteiger partial charge in [0.25, 0.3) is 11.8 Å². The second-order valence-corrected chi connectivity index (χ2v) is 13.8. The molecule has 0 spiro atoms. The number of aryl methyl sites for hydroxylation is 1. The topological polar surface area (TPSA) is 144 Å². The predicted molar refractivity (Wildman–Crippen MR) is 163 cm³/mol. The molecular weight excluding hydrogens is 552 g/mol. The number of ether oxygens (including phenoxy) is 3. The van der Waals surface area contributed by atoms with Crippen molar-refractivity contribution in [1.82, 2.24) is 21.3 Å². The molecule has 4 amide bonds. The summed E-state index contributed by atoms with van der Waals surface area (Å²) in [4.78, 5) is 51.5. The number of nitrogens with one attached hydrogen (secondary N) is 4. The first-order valence-electron chi connectivity index (χ1n) is 15.3. The van der Waals surface area contributed by atoms with Crippen LogP contribution in [0.15, 0.2) is 12.1 Å². The number of carbonyl (C=O) groups excluding carboxylic acids is 4. The van der Waals surface area contributed by atoms with E-state index in [0.29, 0.717) is 12.8 Å². The standard InChI is InChI=1S/C32H50N4O7/c1-19-15-24(27(37)33-20-11-9-13-22(17-20)35-29(39)42-31(2,3)4)26(41-8)25(16-19)28(38)34-21-12-10-14-23(18-21)36-30(40)43-32(5,6)7/h15-16,20-23H,9-14,17-18H2,1-8H3,(H,33,37)(H,34,38)(H,35,39)(H,36,40)/t20-,21+,22+,23-. The van der Waals surface area contributed by atoms with Crippen molar-refractivity contribution in [2.24, 2.45) is 0 Å². The van der Waals surface area contributed by atoms with E-state index in [0.717, 1.165) is 44.1 Å². The van der Waals surface area contributed by atoms with Crippen molar-refractivity contribution >= 4 is 24.0 Å². The molecule has 240 valence electrons. The maximum Gasteiger partial charge on any atom is 0.407 e. The van der Waals surface area contributed by atoms with Gasteiger partial charge in [-0.2, -0.15) is 0 Å². The second-order valence-electron chi connectivity index (χ2n) is 13.8. The van der Waals surface area contributed by atoms with Gasteiger partial charge < -0.3 is 35.5 Å². The molecule has 0 aliphatic heterocycles. The Morgan fingerprint density at radius 2 is 1.00 bits per heavy atom. The molecule has 4 atom stereocenters. The van der Waals surface area contributed by atoms with E-state index in [9.17, 15) is 19.2 Å². The maximum atomic E-state index is 13.5. The zero-order chi connectivity index (χ0) is 31.9. The molecule has 0 bridgehead atoms. The molecule has 43 heavy (non-hydrogen) atoms. The highest BCUT2D eigenvalue weighted by molar-refractivity contribution is 6.04. The van der Waals surface area contributed by atoms with Crippen molar-refractivity contribution in [2.45, 2.75) is 135 Å². The highest BCUT2D eigenvalue weighted by Gasteiger charge is 2.30. The van der Waals surface area contributed by atoms with Gasteiger partial charge in [-0.25, -0.2) is 9.59 Å². The molecule has 0 saturated heterocycles. The lowest BCUT2D eigenvalue weighted by atomic mass is 9.90. The number of amides is 4. The van der Waals surface area contributed by atoms with Crippen LogP contribution in [-0.4, -0.2) is 66.5 Å². The minimum Gasteiger partial charge on any atom is -0.495 e. The second kappa shape index (κ2) is 14.3. The van der Waals surface area contributed by atoms with Crippen molar-refractivity contribution < 1.29 is 33.4 Å². The number of methoxy groups -OCH3 is 1. The first-order valence-corrected chi connectivity index (χ1v) is 15.3. The van der Waals surface area contributed by atoms with Gasteiger partial charge in [0.2, 0.25) is 0 Å². The van der Waals surface area contributed by atoms with Crippen LogP contribution in [0.1, 0.15) is 119 Å². The monoisotopic (exact) mass is 602 g/mol. The van der Waals surface area contributed by atoms with Gasteiger partial charge in [0.15, 0.2) is 0 Å². The highest BCUT2D eigenvalue weighted by atomic mass is 16.6. The normalized spacial score (nSPS) is 22.5. The van der Waals surface area contributed by atoms with E-state index in [1.54, 1.807) is 12.1 Å². The largest absolute Gasteiger partial charge is 0.495 e. The Bertz CT molecular complexity index is 1090. The summed E-state index contributed by atoms with van der Waals surface area (Å²) >= 11 is 0. The zero-order valence-electron chi connectivity index (χ0n) is 27.0. The van der Waals surface area contributed by atoms with Crippen LogP contribution in [0.5, 0.6) is 5.75 Å². The van der Waals surface area contributed by atoms with Crippen LogP contribution in [0.2, 0.25) is 0 Å². The lowest BCUT2D eigenvalue weighted by Crippen LogP contribution is -2.47. The SMILES string of the molecule is COc1c(C(=O)N[C@@H]2CCC[C@H](NC(=O)OC(C)(C)C)C2)cc(C)cc1C(=O)N[C@H]1CCC[C@@H](NC(=O)OC(C)(C)C)C1. The predicted octanol–water partition coefficient (Wildman–Crippen LogP) is 5.14. The molecule has 2 aliphatic rings. The quantitative estimate of drug-likeness (QED) is 0.338. The fourth-order valence-corrected chi connectivity index (χ4v) is 5.71. The molecule has 0 heterocycles. The fraction of sp³-hybridized carbons (Fsp3) is 0.688. The lowest BCUT2D eigenvalue weighted by molar-refractivity contribution is 0.0475. The van der Waals surface area contributed by atoms with Crippen LogP contribution in [0.3, 0.4) is 0 Å². The Morgan fingerprint density at radius 3 is 1.33 bits per heavy atom. The van der Waals surface area contributed by atoms with E-state index in [4.69, 9.17) is 14.2 Å². The Morgan fingerprint density at radius 1 is 0.651 bits per heavy atom. The van der Waals surface area contributed by atoms with Crippen LogP contribution in [0.4, 0.5) is 9.59 Å². The van der Waals surface area contributed by atoms with Gasteiger partial charge >= 0.3 is 12.2 Å². The first kappa shape index (κ1) is 34.0. The number of hydrogen-bond acceptors (Lipinski definition) is 7. The van der Waals surface area contributed by atoms with E-state index in [2.05, 4.69) is 21.3 Å². The molecule has 11 nitrogen and oxygen atoms in total. The van der Waals surface area contributed by atoms with Crippen LogP contribution in [-0.2, 0) is 9.47 Å². The Labute approximate surface area is 255 Å². The van der Waals surface area contributed by atoms with Gasteiger partial charge in [0, 0.05) is 24.2 Å². The zero-order valence-corrected chi connectivity index (χ0v) is 27.0. The molecule has 1 aromatic carbocycles. The van der Waals surface area contributed by atoms with Crippen molar-refractivity contribution in [3.63, 3.8) is 0 Å². The fourth-order valence-electron chi connectivity index (χ4n) is 5.71. The number of hydrogen-bond donors (Lipinski definition) is 4. The van der Waals surface area contributed by atoms with Crippen molar-refractivity contribution in [2.75, 3.05) is 7.11 Å². The molecule has 4 N–H and O–H groups in total. The van der Waals surface area contributed by atoms with E-state index < -0.39 is 23.4 Å². The summed E-state index contributed by atoms with van der Waals surface area (Å²) in [5.74, 6) is -0.465. The molecular formula is C32H50N4O7. The third kappa shape index (κ3) is 10.9. The van der Waals surface area contributed by atoms with Crippen molar-refractivity contribution in [3.8, 4) is 5.75 Å². The van der Waals surface area contributed by atoms with Gasteiger partial charge in [0.05, 0.1) is 18.2 Å². The summed E-state index contributed by atoms with van der Waals surface area (Å²) in [5, 5.41) is 12.0. The number of alkyl carbamates (subject to hydrolysis) is 2.